The van der Waals surface area contributed by atoms with Gasteiger partial charge in [0.15, 0.2) is 0 Å². The smallest absolute Gasteiger partial charge is 0.308 e. The summed E-state index contributed by atoms with van der Waals surface area (Å²) in [5, 5.41) is 0. The number of rotatable bonds is 113. The lowest BCUT2D eigenvalue weighted by Gasteiger charge is -2.11. The molecule has 0 amide bonds. The molecule has 5 unspecified atom stereocenters. The summed E-state index contributed by atoms with van der Waals surface area (Å²) in [6.45, 7) is 50.0. The summed E-state index contributed by atoms with van der Waals surface area (Å²) in [6, 6.07) is 0. The fourth-order valence-corrected chi connectivity index (χ4v) is 12.9. The topological polar surface area (TPSA) is 335 Å². The van der Waals surface area contributed by atoms with E-state index in [9.17, 15) is 24.0 Å². The van der Waals surface area contributed by atoms with Gasteiger partial charge in [-0.25, -0.2) is 0 Å². The van der Waals surface area contributed by atoms with E-state index >= 15 is 0 Å². The summed E-state index contributed by atoms with van der Waals surface area (Å²) in [4.78, 5) is 55.2. The van der Waals surface area contributed by atoms with Crippen LogP contribution in [0.4, 0.5) is 0 Å². The number of methoxy groups -OCH3 is 2. The molecule has 5 atom stereocenters. The van der Waals surface area contributed by atoms with Crippen LogP contribution in [0.5, 0.6) is 0 Å². The van der Waals surface area contributed by atoms with Crippen LogP contribution in [0, 0.1) is 0 Å². The molecule has 32 heteroatoms. The van der Waals surface area contributed by atoms with Crippen molar-refractivity contribution in [3.63, 3.8) is 0 Å². The average Bonchev–Trinajstić information content (AvgIpc) is 1.07. The molecule has 0 aromatic heterocycles. The Kier molecular flexibility index (Phi) is 139. The minimum atomic E-state index is -0.222. The predicted octanol–water partition coefficient (Wildman–Crippen LogP) is 21.5. The zero-order valence-electron chi connectivity index (χ0n) is 94.3. The molecule has 0 radical (unpaired) electrons. The minimum absolute atomic E-state index is 0.0686. The van der Waals surface area contributed by atoms with Gasteiger partial charge in [-0.1, -0.05) is 208 Å². The second-order valence-corrected chi connectivity index (χ2v) is 35.2. The molecular weight excluding hydrogens is 1850 g/mol. The van der Waals surface area contributed by atoms with Crippen LogP contribution in [0.3, 0.4) is 0 Å². The Hall–Kier alpha value is -3.53. The monoisotopic (exact) mass is 2070 g/mol. The molecule has 32 nitrogen and oxygen atoms in total. The molecule has 0 saturated heterocycles. The van der Waals surface area contributed by atoms with E-state index in [1.165, 1.54) is 188 Å². The normalized spacial score (nSPS) is 12.2. The summed E-state index contributed by atoms with van der Waals surface area (Å²) in [5.41, 5.74) is 0. The second kappa shape index (κ2) is 135. The van der Waals surface area contributed by atoms with Crippen LogP contribution in [0.25, 0.3) is 0 Å². The van der Waals surface area contributed by atoms with Crippen molar-refractivity contribution in [1.29, 1.82) is 0 Å². The minimum Gasteiger partial charge on any atom is -0.469 e. The van der Waals surface area contributed by atoms with Crippen molar-refractivity contribution in [3.8, 4) is 0 Å². The second-order valence-electron chi connectivity index (χ2n) is 35.2. The van der Waals surface area contributed by atoms with E-state index in [2.05, 4.69) is 71.8 Å². The van der Waals surface area contributed by atoms with Crippen molar-refractivity contribution in [2.45, 2.75) is 403 Å². The Morgan fingerprint density at radius 1 is 0.147 bits per heavy atom. The maximum absolute atomic E-state index is 11.2. The molecule has 0 fully saturated rings. The standard InChI is InChI=1S/C31H62O13.C28H56O4.C23H46O4.C16H32O6.C13H26O5/c1-4-30(3)44-29-28-42-27-26-41-25-24-40-23-22-39-21-20-38-19-18-37-17-16-36-15-14-35-13-12-34-11-10-33-9-7-6-8-31(32)43-5-2;1-4-27(2)32-26-25-31-24-22-20-18-16-14-12-10-8-6-5-7-9-11-13-15-17-19-21-23-28(29)30-3;1-4-22(2)27-21-20-26-19-17-15-13-11-9-7-5-6-8-10-12-14-16-18-23(24)25-3;1-4-15(3)22-14-13-20-12-11-19-10-9-18-8-6-7-16(17)21-5-2;1-4-12(3)18-11-10-16-9-8-15-7-6-13(14)17-5-2/h30H,4-29H2,1-3H3;27H,4-26H2,1-3H3;22H,4-21H2,1-3H3;15H,4-14H2,1-3H3;12H,4-11H2,1-3H3. The quantitative estimate of drug-likeness (QED) is 0.0310. The molecular formula is C111H222O32. The van der Waals surface area contributed by atoms with E-state index < -0.39 is 0 Å². The number of esters is 5. The van der Waals surface area contributed by atoms with Crippen LogP contribution in [-0.4, -0.2) is 352 Å². The third kappa shape index (κ3) is 143. The van der Waals surface area contributed by atoms with Crippen molar-refractivity contribution < 1.29 is 152 Å². The van der Waals surface area contributed by atoms with Gasteiger partial charge in [0.25, 0.3) is 0 Å². The first-order valence-corrected chi connectivity index (χ1v) is 56.5. The van der Waals surface area contributed by atoms with Gasteiger partial charge in [0.1, 0.15) is 0 Å². The SMILES string of the molecule is CCC(C)OCCOCCCCCCCCCCCCCCCC(=O)OC.CCC(C)OCCOCCCCCCCCCCCCCCCCCCCCC(=O)OC.CCOC(=O)CCCCOCCOCCOCCOCCOCCOCCOCCOCCOCCOCCOC(C)CC.CCOC(=O)CCCOCCOCCOCCOC(C)CC.CCOC(=O)CCOCCOCCOC(C)CC. The van der Waals surface area contributed by atoms with Crippen LogP contribution < -0.4 is 0 Å². The molecule has 0 spiro atoms. The Morgan fingerprint density at radius 3 is 0.469 bits per heavy atom. The van der Waals surface area contributed by atoms with Crippen LogP contribution >= 0.6 is 0 Å². The molecule has 0 N–H and O–H groups in total. The van der Waals surface area contributed by atoms with Crippen molar-refractivity contribution in [2.24, 2.45) is 0 Å². The first-order valence-electron chi connectivity index (χ1n) is 56.5. The van der Waals surface area contributed by atoms with Gasteiger partial charge in [-0.05, 0) is 132 Å². The van der Waals surface area contributed by atoms with Crippen molar-refractivity contribution in [2.75, 3.05) is 292 Å². The van der Waals surface area contributed by atoms with E-state index in [0.29, 0.717) is 295 Å². The van der Waals surface area contributed by atoms with Gasteiger partial charge in [0.2, 0.25) is 0 Å². The largest absolute Gasteiger partial charge is 0.469 e. The maximum atomic E-state index is 11.2. The predicted molar refractivity (Wildman–Crippen MR) is 566 cm³/mol. The summed E-state index contributed by atoms with van der Waals surface area (Å²) < 4.78 is 144. The lowest BCUT2D eigenvalue weighted by atomic mass is 10.0. The van der Waals surface area contributed by atoms with E-state index in [1.54, 1.807) is 20.8 Å². The number of hydrogen-bond donors (Lipinski definition) is 0. The summed E-state index contributed by atoms with van der Waals surface area (Å²) in [6.07, 6.45) is 52.1. The summed E-state index contributed by atoms with van der Waals surface area (Å²) in [7, 11) is 2.93. The van der Waals surface area contributed by atoms with Gasteiger partial charge in [0, 0.05) is 52.1 Å². The number of carbonyl (C=O) groups excluding carboxylic acids is 5. The Labute approximate surface area is 872 Å². The molecule has 0 bridgehead atoms. The summed E-state index contributed by atoms with van der Waals surface area (Å²) in [5.74, 6) is -0.685. The molecule has 0 heterocycles. The first kappa shape index (κ1) is 148. The first-order chi connectivity index (χ1) is 70.0. The van der Waals surface area contributed by atoms with Gasteiger partial charge in [0.05, 0.1) is 302 Å². The Balaban J connectivity index is -0.000000574. The number of hydrogen-bond acceptors (Lipinski definition) is 32. The number of unbranched alkanes of at least 4 members (excludes halogenated alkanes) is 30. The van der Waals surface area contributed by atoms with Gasteiger partial charge in [-0.15, -0.1) is 0 Å². The van der Waals surface area contributed by atoms with Crippen molar-refractivity contribution in [3.05, 3.63) is 0 Å². The zero-order valence-corrected chi connectivity index (χ0v) is 94.3. The number of ether oxygens (including phenoxy) is 27. The van der Waals surface area contributed by atoms with Crippen LogP contribution in [0.1, 0.15) is 373 Å². The van der Waals surface area contributed by atoms with E-state index in [1.807, 2.05) is 6.92 Å². The third-order valence-electron chi connectivity index (χ3n) is 22.5. The lowest BCUT2D eigenvalue weighted by molar-refractivity contribution is -0.145. The molecule has 143 heavy (non-hydrogen) atoms. The number of carbonyl (C=O) groups is 5. The third-order valence-corrected chi connectivity index (χ3v) is 22.5. The highest BCUT2D eigenvalue weighted by molar-refractivity contribution is 5.70. The van der Waals surface area contributed by atoms with Crippen molar-refractivity contribution in [1.82, 2.24) is 0 Å². The molecule has 0 rings (SSSR count). The van der Waals surface area contributed by atoms with E-state index in [0.717, 1.165) is 110 Å². The fraction of sp³-hybridized carbons (Fsp3) is 0.955. The highest BCUT2D eigenvalue weighted by Gasteiger charge is 2.10. The molecule has 0 aliphatic rings. The van der Waals surface area contributed by atoms with Gasteiger partial charge in [-0.2, -0.15) is 0 Å². The van der Waals surface area contributed by atoms with Crippen LogP contribution in [-0.2, 0) is 152 Å². The van der Waals surface area contributed by atoms with Gasteiger partial charge < -0.3 is 128 Å². The van der Waals surface area contributed by atoms with Crippen LogP contribution in [0.2, 0.25) is 0 Å². The highest BCUT2D eigenvalue weighted by atomic mass is 16.6. The van der Waals surface area contributed by atoms with E-state index in [-0.39, 0.29) is 42.1 Å². The lowest BCUT2D eigenvalue weighted by Crippen LogP contribution is -2.16. The highest BCUT2D eigenvalue weighted by Crippen LogP contribution is 2.18. The summed E-state index contributed by atoms with van der Waals surface area (Å²) >= 11 is 0. The molecule has 0 aliphatic heterocycles. The van der Waals surface area contributed by atoms with Crippen molar-refractivity contribution >= 4 is 29.8 Å². The molecule has 858 valence electrons. The fourth-order valence-electron chi connectivity index (χ4n) is 12.9. The molecule has 0 aromatic carbocycles. The van der Waals surface area contributed by atoms with E-state index in [4.69, 9.17) is 118 Å². The maximum Gasteiger partial charge on any atom is 0.308 e. The Bertz CT molecular complexity index is 2400. The Morgan fingerprint density at radius 2 is 0.280 bits per heavy atom. The van der Waals surface area contributed by atoms with Gasteiger partial charge in [-0.3, -0.25) is 24.0 Å². The van der Waals surface area contributed by atoms with Crippen LogP contribution in [0.15, 0.2) is 0 Å². The zero-order chi connectivity index (χ0) is 106. The van der Waals surface area contributed by atoms with Gasteiger partial charge >= 0.3 is 29.8 Å². The average molecular weight is 2070 g/mol. The molecule has 0 saturated carbocycles. The molecule has 0 aliphatic carbocycles. The molecule has 0 aromatic rings.